The summed E-state index contributed by atoms with van der Waals surface area (Å²) < 4.78 is 13.5. The molecule has 0 fully saturated rings. The van der Waals surface area contributed by atoms with Crippen molar-refractivity contribution in [1.29, 1.82) is 0 Å². The normalized spacial score (nSPS) is 10.4. The Labute approximate surface area is 105 Å². The molecule has 0 unspecified atom stereocenters. The zero-order valence-corrected chi connectivity index (χ0v) is 10.3. The van der Waals surface area contributed by atoms with Gasteiger partial charge >= 0.3 is 0 Å². The van der Waals surface area contributed by atoms with Gasteiger partial charge in [-0.05, 0) is 29.9 Å². The standard InChI is InChI=1S/C9H7ClFN3S2/c10-6-3-5(1-2-7(6)11)4-12-8-13-14-9(15)16-8/h1-3H,4H2,(H,12,13)(H,14,15). The summed E-state index contributed by atoms with van der Waals surface area (Å²) in [6.07, 6.45) is 0. The predicted molar refractivity (Wildman–Crippen MR) is 66.0 cm³/mol. The molecule has 0 amide bonds. The Bertz CT molecular complexity index is 552. The van der Waals surface area contributed by atoms with E-state index < -0.39 is 5.82 Å². The number of anilines is 1. The van der Waals surface area contributed by atoms with Gasteiger partial charge in [0.05, 0.1) is 5.02 Å². The maximum Gasteiger partial charge on any atom is 0.204 e. The first-order valence-electron chi connectivity index (χ1n) is 4.38. The molecule has 7 heteroatoms. The lowest BCUT2D eigenvalue weighted by Gasteiger charge is -2.03. The van der Waals surface area contributed by atoms with Crippen LogP contribution in [0.4, 0.5) is 9.52 Å². The summed E-state index contributed by atoms with van der Waals surface area (Å²) in [4.78, 5) is 0. The number of nitrogens with zero attached hydrogens (tertiary/aromatic N) is 1. The fourth-order valence-corrected chi connectivity index (χ4v) is 2.12. The number of nitrogens with one attached hydrogen (secondary N) is 2. The lowest BCUT2D eigenvalue weighted by Crippen LogP contribution is -1.99. The molecular weight excluding hydrogens is 269 g/mol. The van der Waals surface area contributed by atoms with Crippen LogP contribution in [0.1, 0.15) is 5.56 Å². The molecule has 1 aromatic carbocycles. The fraction of sp³-hybridized carbons (Fsp3) is 0.111. The molecule has 0 saturated heterocycles. The first-order valence-corrected chi connectivity index (χ1v) is 5.99. The zero-order chi connectivity index (χ0) is 11.5. The minimum atomic E-state index is -0.416. The summed E-state index contributed by atoms with van der Waals surface area (Å²) in [6.45, 7) is 0.524. The first kappa shape index (κ1) is 11.5. The van der Waals surface area contributed by atoms with Crippen molar-refractivity contribution in [3.05, 3.63) is 38.6 Å². The molecule has 2 aromatic rings. The summed E-state index contributed by atoms with van der Waals surface area (Å²) in [5.41, 5.74) is 0.882. The zero-order valence-electron chi connectivity index (χ0n) is 7.96. The Hall–Kier alpha value is -0.980. The largest absolute Gasteiger partial charge is 0.356 e. The molecule has 1 aromatic heterocycles. The number of hydrogen-bond acceptors (Lipinski definition) is 4. The summed E-state index contributed by atoms with van der Waals surface area (Å²) in [6, 6.07) is 4.59. The lowest BCUT2D eigenvalue weighted by atomic mass is 10.2. The molecule has 0 atom stereocenters. The van der Waals surface area contributed by atoms with Crippen molar-refractivity contribution in [3.63, 3.8) is 0 Å². The third-order valence-electron chi connectivity index (χ3n) is 1.87. The van der Waals surface area contributed by atoms with Crippen LogP contribution in [0, 0.1) is 9.77 Å². The fourth-order valence-electron chi connectivity index (χ4n) is 1.13. The van der Waals surface area contributed by atoms with E-state index in [2.05, 4.69) is 15.5 Å². The SMILES string of the molecule is Fc1ccc(CNc2n[nH]c(=S)s2)cc1Cl. The van der Waals surface area contributed by atoms with Gasteiger partial charge in [0.2, 0.25) is 5.13 Å². The van der Waals surface area contributed by atoms with E-state index in [0.717, 1.165) is 5.56 Å². The number of halogens is 2. The van der Waals surface area contributed by atoms with E-state index in [1.54, 1.807) is 12.1 Å². The Morgan fingerprint density at radius 3 is 3.00 bits per heavy atom. The molecule has 0 spiro atoms. The molecular formula is C9H7ClFN3S2. The van der Waals surface area contributed by atoms with Gasteiger partial charge in [-0.25, -0.2) is 4.39 Å². The van der Waals surface area contributed by atoms with Crippen molar-refractivity contribution in [3.8, 4) is 0 Å². The average Bonchev–Trinajstić information content (AvgIpc) is 2.66. The molecule has 84 valence electrons. The van der Waals surface area contributed by atoms with Crippen molar-refractivity contribution >= 4 is 40.3 Å². The van der Waals surface area contributed by atoms with Crippen LogP contribution in [-0.4, -0.2) is 10.2 Å². The molecule has 0 radical (unpaired) electrons. The lowest BCUT2D eigenvalue weighted by molar-refractivity contribution is 0.627. The smallest absolute Gasteiger partial charge is 0.204 e. The molecule has 0 aliphatic carbocycles. The van der Waals surface area contributed by atoms with Crippen LogP contribution in [0.2, 0.25) is 5.02 Å². The van der Waals surface area contributed by atoms with Crippen LogP contribution in [0.25, 0.3) is 0 Å². The van der Waals surface area contributed by atoms with E-state index >= 15 is 0 Å². The third-order valence-corrected chi connectivity index (χ3v) is 3.20. The van der Waals surface area contributed by atoms with Crippen LogP contribution < -0.4 is 5.32 Å². The Balaban J connectivity index is 2.04. The van der Waals surface area contributed by atoms with Gasteiger partial charge in [0.25, 0.3) is 0 Å². The van der Waals surface area contributed by atoms with Gasteiger partial charge < -0.3 is 5.32 Å². The Kier molecular flexibility index (Phi) is 3.52. The van der Waals surface area contributed by atoms with Crippen molar-refractivity contribution in [1.82, 2.24) is 10.2 Å². The molecule has 2 N–H and O–H groups in total. The van der Waals surface area contributed by atoms with Gasteiger partial charge in [-0.2, -0.15) is 0 Å². The van der Waals surface area contributed by atoms with E-state index in [4.69, 9.17) is 23.8 Å². The van der Waals surface area contributed by atoms with E-state index in [9.17, 15) is 4.39 Å². The van der Waals surface area contributed by atoms with Crippen LogP contribution in [0.15, 0.2) is 18.2 Å². The first-order chi connectivity index (χ1) is 7.65. The van der Waals surface area contributed by atoms with Crippen molar-refractivity contribution in [2.75, 3.05) is 5.32 Å². The number of rotatable bonds is 3. The molecule has 2 rings (SSSR count). The minimum absolute atomic E-state index is 0.119. The Morgan fingerprint density at radius 1 is 1.56 bits per heavy atom. The average molecular weight is 276 g/mol. The van der Waals surface area contributed by atoms with Gasteiger partial charge in [-0.1, -0.05) is 29.0 Å². The van der Waals surface area contributed by atoms with Crippen LogP contribution in [0.5, 0.6) is 0 Å². The molecule has 1 heterocycles. The van der Waals surface area contributed by atoms with Crippen molar-refractivity contribution in [2.24, 2.45) is 0 Å². The van der Waals surface area contributed by atoms with Gasteiger partial charge in [-0.3, -0.25) is 5.10 Å². The van der Waals surface area contributed by atoms with Gasteiger partial charge in [0.1, 0.15) is 5.82 Å². The number of hydrogen-bond donors (Lipinski definition) is 2. The van der Waals surface area contributed by atoms with Crippen molar-refractivity contribution < 1.29 is 4.39 Å². The highest BCUT2D eigenvalue weighted by atomic mass is 35.5. The summed E-state index contributed by atoms with van der Waals surface area (Å²) in [7, 11) is 0. The molecule has 0 aliphatic heterocycles. The predicted octanol–water partition coefficient (Wildman–Crippen LogP) is 3.61. The van der Waals surface area contributed by atoms with Crippen LogP contribution in [0.3, 0.4) is 0 Å². The van der Waals surface area contributed by atoms with Gasteiger partial charge in [0.15, 0.2) is 3.95 Å². The molecule has 0 aliphatic rings. The van der Waals surface area contributed by atoms with Crippen LogP contribution >= 0.6 is 35.2 Å². The maximum absolute atomic E-state index is 12.9. The molecule has 0 bridgehead atoms. The van der Waals surface area contributed by atoms with E-state index in [0.29, 0.717) is 15.6 Å². The maximum atomic E-state index is 12.9. The quantitative estimate of drug-likeness (QED) is 0.841. The number of aromatic nitrogens is 2. The van der Waals surface area contributed by atoms with E-state index in [-0.39, 0.29) is 5.02 Å². The highest BCUT2D eigenvalue weighted by Crippen LogP contribution is 2.17. The van der Waals surface area contributed by atoms with E-state index in [1.165, 1.54) is 17.4 Å². The van der Waals surface area contributed by atoms with Crippen molar-refractivity contribution in [2.45, 2.75) is 6.54 Å². The molecule has 0 saturated carbocycles. The summed E-state index contributed by atoms with van der Waals surface area (Å²) >= 11 is 11.9. The van der Waals surface area contributed by atoms with Gasteiger partial charge in [0, 0.05) is 6.54 Å². The van der Waals surface area contributed by atoms with E-state index in [1.807, 2.05) is 0 Å². The monoisotopic (exact) mass is 275 g/mol. The number of H-pyrrole nitrogens is 1. The van der Waals surface area contributed by atoms with Crippen LogP contribution in [-0.2, 0) is 6.54 Å². The minimum Gasteiger partial charge on any atom is -0.356 e. The summed E-state index contributed by atoms with van der Waals surface area (Å²) in [5, 5.41) is 10.5. The highest BCUT2D eigenvalue weighted by molar-refractivity contribution is 7.73. The molecule has 16 heavy (non-hydrogen) atoms. The Morgan fingerprint density at radius 2 is 2.38 bits per heavy atom. The topological polar surface area (TPSA) is 40.7 Å². The highest BCUT2D eigenvalue weighted by Gasteiger charge is 2.02. The number of benzene rings is 1. The molecule has 3 nitrogen and oxygen atoms in total. The second-order valence-electron chi connectivity index (χ2n) is 3.02. The second kappa shape index (κ2) is 4.90. The van der Waals surface area contributed by atoms with Gasteiger partial charge in [-0.15, -0.1) is 5.10 Å². The third kappa shape index (κ3) is 2.78. The second-order valence-corrected chi connectivity index (χ2v) is 5.09. The summed E-state index contributed by atoms with van der Waals surface area (Å²) in [5.74, 6) is -0.416. The number of aromatic amines is 1.